The molecule has 0 aliphatic carbocycles. The maximum Gasteiger partial charge on any atom is 0.293 e. The SMILES string of the molecule is O=C(Nc1nc2ccc(NC(=O)c3cc4ccccc4o3)cc2s1)c1ccco1. The standard InChI is InChI=1S/C21H13N3O4S/c25-19(16-6-3-9-27-16)24-21-23-14-8-7-13(11-18(14)29-21)22-20(26)17-10-12-4-1-2-5-15(12)28-17/h1-11H,(H,22,26)(H,23,24,25). The Morgan fingerprint density at radius 1 is 0.897 bits per heavy atom. The van der Waals surface area contributed by atoms with Crippen molar-refractivity contribution in [1.82, 2.24) is 4.98 Å². The van der Waals surface area contributed by atoms with Crippen LogP contribution in [-0.4, -0.2) is 16.8 Å². The summed E-state index contributed by atoms with van der Waals surface area (Å²) in [5.41, 5.74) is 1.98. The van der Waals surface area contributed by atoms with Crippen molar-refractivity contribution in [1.29, 1.82) is 0 Å². The zero-order chi connectivity index (χ0) is 19.8. The van der Waals surface area contributed by atoms with Crippen LogP contribution < -0.4 is 10.6 Å². The summed E-state index contributed by atoms with van der Waals surface area (Å²) in [6.07, 6.45) is 1.43. The smallest absolute Gasteiger partial charge is 0.293 e. The first-order valence-electron chi connectivity index (χ1n) is 8.71. The Labute approximate surface area is 168 Å². The number of furan rings is 2. The summed E-state index contributed by atoms with van der Waals surface area (Å²) in [4.78, 5) is 29.0. The molecule has 8 heteroatoms. The molecule has 2 amide bonds. The van der Waals surface area contributed by atoms with Crippen LogP contribution in [0.25, 0.3) is 21.2 Å². The molecule has 2 N–H and O–H groups in total. The molecule has 5 rings (SSSR count). The van der Waals surface area contributed by atoms with E-state index < -0.39 is 0 Å². The van der Waals surface area contributed by atoms with Crippen LogP contribution in [0.4, 0.5) is 10.8 Å². The number of hydrogen-bond donors (Lipinski definition) is 2. The first-order valence-corrected chi connectivity index (χ1v) is 9.53. The van der Waals surface area contributed by atoms with Gasteiger partial charge >= 0.3 is 0 Å². The third kappa shape index (κ3) is 3.37. The lowest BCUT2D eigenvalue weighted by molar-refractivity contribution is 0.0990. The minimum atomic E-state index is -0.368. The molecule has 0 radical (unpaired) electrons. The van der Waals surface area contributed by atoms with E-state index >= 15 is 0 Å². The molecule has 7 nitrogen and oxygen atoms in total. The van der Waals surface area contributed by atoms with Crippen molar-refractivity contribution < 1.29 is 18.4 Å². The second kappa shape index (κ2) is 6.92. The molecule has 0 unspecified atom stereocenters. The Bertz CT molecular complexity index is 1320. The monoisotopic (exact) mass is 403 g/mol. The van der Waals surface area contributed by atoms with Gasteiger partial charge in [-0.15, -0.1) is 0 Å². The molecule has 0 fully saturated rings. The normalized spacial score (nSPS) is 11.0. The number of amides is 2. The molecule has 0 atom stereocenters. The number of nitrogens with one attached hydrogen (secondary N) is 2. The van der Waals surface area contributed by atoms with E-state index in [-0.39, 0.29) is 23.3 Å². The molecule has 29 heavy (non-hydrogen) atoms. The Morgan fingerprint density at radius 3 is 2.59 bits per heavy atom. The lowest BCUT2D eigenvalue weighted by Gasteiger charge is -2.02. The average molecular weight is 403 g/mol. The van der Waals surface area contributed by atoms with E-state index in [0.29, 0.717) is 21.9 Å². The number of anilines is 2. The van der Waals surface area contributed by atoms with Crippen LogP contribution in [0.15, 0.2) is 75.8 Å². The summed E-state index contributed by atoms with van der Waals surface area (Å²) in [5.74, 6) is -0.256. The summed E-state index contributed by atoms with van der Waals surface area (Å²) < 4.78 is 11.5. The van der Waals surface area contributed by atoms with E-state index in [0.717, 1.165) is 10.1 Å². The number of benzene rings is 2. The van der Waals surface area contributed by atoms with E-state index in [1.165, 1.54) is 17.6 Å². The van der Waals surface area contributed by atoms with Gasteiger partial charge in [0, 0.05) is 11.1 Å². The second-order valence-corrected chi connectivity index (χ2v) is 7.27. The van der Waals surface area contributed by atoms with E-state index in [1.807, 2.05) is 24.3 Å². The van der Waals surface area contributed by atoms with E-state index in [9.17, 15) is 9.59 Å². The highest BCUT2D eigenvalue weighted by molar-refractivity contribution is 7.22. The third-order valence-corrected chi connectivity index (χ3v) is 5.19. The fourth-order valence-corrected chi connectivity index (χ4v) is 3.81. The predicted octanol–water partition coefficient (Wildman–Crippen LogP) is 5.14. The van der Waals surface area contributed by atoms with Crippen LogP contribution in [0.3, 0.4) is 0 Å². The third-order valence-electron chi connectivity index (χ3n) is 4.26. The minimum absolute atomic E-state index is 0.211. The summed E-state index contributed by atoms with van der Waals surface area (Å²) in [5, 5.41) is 6.85. The first kappa shape index (κ1) is 17.2. The maximum absolute atomic E-state index is 12.5. The Hall–Kier alpha value is -3.91. The average Bonchev–Trinajstić information content (AvgIpc) is 3.46. The first-order chi connectivity index (χ1) is 14.2. The van der Waals surface area contributed by atoms with Crippen molar-refractivity contribution in [3.63, 3.8) is 0 Å². The fourth-order valence-electron chi connectivity index (χ4n) is 2.91. The molecule has 0 bridgehead atoms. The number of aromatic nitrogens is 1. The summed E-state index contributed by atoms with van der Waals surface area (Å²) >= 11 is 1.30. The lowest BCUT2D eigenvalue weighted by Crippen LogP contribution is -2.10. The number of carbonyl (C=O) groups excluding carboxylic acids is 2. The van der Waals surface area contributed by atoms with Crippen molar-refractivity contribution in [3.05, 3.63) is 78.4 Å². The molecular formula is C21H13N3O4S. The van der Waals surface area contributed by atoms with Gasteiger partial charge in [-0.05, 0) is 42.5 Å². The second-order valence-electron chi connectivity index (χ2n) is 6.24. The minimum Gasteiger partial charge on any atom is -0.459 e. The van der Waals surface area contributed by atoms with Gasteiger partial charge in [0.05, 0.1) is 16.5 Å². The number of para-hydroxylation sites is 1. The molecule has 0 aliphatic heterocycles. The topological polar surface area (TPSA) is 97.4 Å². The molecule has 0 saturated heterocycles. The summed E-state index contributed by atoms with van der Waals surface area (Å²) in [7, 11) is 0. The highest BCUT2D eigenvalue weighted by Crippen LogP contribution is 2.29. The van der Waals surface area contributed by atoms with E-state index in [1.54, 1.807) is 36.4 Å². The van der Waals surface area contributed by atoms with Crippen molar-refractivity contribution in [2.24, 2.45) is 0 Å². The van der Waals surface area contributed by atoms with Crippen molar-refractivity contribution in [3.8, 4) is 0 Å². The molecule has 3 aromatic heterocycles. The highest BCUT2D eigenvalue weighted by Gasteiger charge is 2.15. The van der Waals surface area contributed by atoms with Gasteiger partial charge in [-0.25, -0.2) is 4.98 Å². The zero-order valence-corrected chi connectivity index (χ0v) is 15.7. The lowest BCUT2D eigenvalue weighted by atomic mass is 10.2. The van der Waals surface area contributed by atoms with Gasteiger partial charge in [0.1, 0.15) is 5.58 Å². The van der Waals surface area contributed by atoms with Gasteiger partial charge in [0.15, 0.2) is 16.7 Å². The van der Waals surface area contributed by atoms with Crippen LogP contribution in [0.5, 0.6) is 0 Å². The number of carbonyl (C=O) groups is 2. The van der Waals surface area contributed by atoms with Crippen molar-refractivity contribution in [2.75, 3.05) is 10.6 Å². The Balaban J connectivity index is 1.35. The Kier molecular flexibility index (Phi) is 4.10. The molecular weight excluding hydrogens is 390 g/mol. The Morgan fingerprint density at radius 2 is 1.76 bits per heavy atom. The summed E-state index contributed by atoms with van der Waals surface area (Å²) in [6, 6.07) is 17.7. The molecule has 5 aromatic rings. The largest absolute Gasteiger partial charge is 0.459 e. The number of fused-ring (bicyclic) bond motifs is 2. The van der Waals surface area contributed by atoms with E-state index in [2.05, 4.69) is 15.6 Å². The van der Waals surface area contributed by atoms with Gasteiger partial charge < -0.3 is 14.2 Å². The number of hydrogen-bond acceptors (Lipinski definition) is 6. The zero-order valence-electron chi connectivity index (χ0n) is 14.8. The number of nitrogens with zero attached hydrogens (tertiary/aromatic N) is 1. The van der Waals surface area contributed by atoms with Crippen LogP contribution in [0.1, 0.15) is 21.1 Å². The van der Waals surface area contributed by atoms with Crippen LogP contribution in [0.2, 0.25) is 0 Å². The van der Waals surface area contributed by atoms with Crippen LogP contribution in [-0.2, 0) is 0 Å². The quantitative estimate of drug-likeness (QED) is 0.433. The number of thiazole rings is 1. The molecule has 0 spiro atoms. The van der Waals surface area contributed by atoms with Gasteiger partial charge in [-0.3, -0.25) is 14.9 Å². The molecule has 142 valence electrons. The predicted molar refractivity (Wildman–Crippen MR) is 110 cm³/mol. The molecule has 0 aliphatic rings. The van der Waals surface area contributed by atoms with Gasteiger partial charge in [-0.1, -0.05) is 29.5 Å². The molecule has 3 heterocycles. The molecule has 2 aromatic carbocycles. The highest BCUT2D eigenvalue weighted by atomic mass is 32.1. The summed E-state index contributed by atoms with van der Waals surface area (Å²) in [6.45, 7) is 0. The van der Waals surface area contributed by atoms with Crippen LogP contribution in [0, 0.1) is 0 Å². The van der Waals surface area contributed by atoms with Crippen molar-refractivity contribution >= 4 is 55.2 Å². The molecule has 0 saturated carbocycles. The van der Waals surface area contributed by atoms with Gasteiger partial charge in [0.2, 0.25) is 0 Å². The van der Waals surface area contributed by atoms with Gasteiger partial charge in [-0.2, -0.15) is 0 Å². The maximum atomic E-state index is 12.5. The van der Waals surface area contributed by atoms with Gasteiger partial charge in [0.25, 0.3) is 11.8 Å². The number of rotatable bonds is 4. The van der Waals surface area contributed by atoms with Crippen LogP contribution >= 0.6 is 11.3 Å². The van der Waals surface area contributed by atoms with E-state index in [4.69, 9.17) is 8.83 Å². The van der Waals surface area contributed by atoms with Crippen molar-refractivity contribution in [2.45, 2.75) is 0 Å². The fraction of sp³-hybridized carbons (Fsp3) is 0.